The number of esters is 1. The van der Waals surface area contributed by atoms with Crippen LogP contribution in [0.3, 0.4) is 0 Å². The van der Waals surface area contributed by atoms with E-state index in [1.807, 2.05) is 6.92 Å². The highest BCUT2D eigenvalue weighted by molar-refractivity contribution is 5.72. The van der Waals surface area contributed by atoms with Crippen molar-refractivity contribution in [3.05, 3.63) is 12.7 Å². The minimum Gasteiger partial charge on any atom is -0.469 e. The van der Waals surface area contributed by atoms with Crippen LogP contribution in [0.4, 0.5) is 0 Å². The lowest BCUT2D eigenvalue weighted by Crippen LogP contribution is -2.32. The van der Waals surface area contributed by atoms with Crippen molar-refractivity contribution in [1.82, 2.24) is 0 Å². The van der Waals surface area contributed by atoms with E-state index in [4.69, 9.17) is 14.2 Å². The molecule has 0 radical (unpaired) electrons. The van der Waals surface area contributed by atoms with Crippen molar-refractivity contribution in [2.45, 2.75) is 25.6 Å². The van der Waals surface area contributed by atoms with Gasteiger partial charge in [0.25, 0.3) is 0 Å². The summed E-state index contributed by atoms with van der Waals surface area (Å²) in [7, 11) is 1.39. The summed E-state index contributed by atoms with van der Waals surface area (Å²) < 4.78 is 15.6. The Morgan fingerprint density at radius 2 is 2.20 bits per heavy atom. The molecule has 0 N–H and O–H groups in total. The molecule has 0 bridgehead atoms. The van der Waals surface area contributed by atoms with E-state index in [-0.39, 0.29) is 11.9 Å². The van der Waals surface area contributed by atoms with Gasteiger partial charge in [0.15, 0.2) is 5.79 Å². The van der Waals surface area contributed by atoms with Crippen molar-refractivity contribution < 1.29 is 19.0 Å². The number of ether oxygens (including phenoxy) is 3. The average Bonchev–Trinajstić information content (AvgIpc) is 2.63. The van der Waals surface area contributed by atoms with Crippen molar-refractivity contribution >= 4 is 5.97 Å². The van der Waals surface area contributed by atoms with E-state index in [1.54, 1.807) is 6.08 Å². The molecule has 0 spiro atoms. The van der Waals surface area contributed by atoms with Crippen molar-refractivity contribution in [1.29, 1.82) is 0 Å². The fourth-order valence-electron chi connectivity index (χ4n) is 1.75. The number of carbonyl (C=O) groups excluding carboxylic acids is 1. The highest BCUT2D eigenvalue weighted by Gasteiger charge is 2.36. The smallest absolute Gasteiger partial charge is 0.309 e. The molecular weight excluding hydrogens is 196 g/mol. The summed E-state index contributed by atoms with van der Waals surface area (Å²) in [5, 5.41) is 0. The van der Waals surface area contributed by atoms with Crippen LogP contribution in [-0.2, 0) is 19.0 Å². The molecule has 15 heavy (non-hydrogen) atoms. The second kappa shape index (κ2) is 5.28. The first kappa shape index (κ1) is 12.2. The first-order valence-electron chi connectivity index (χ1n) is 5.08. The molecule has 0 aromatic heterocycles. The van der Waals surface area contributed by atoms with Crippen LogP contribution in [0.25, 0.3) is 0 Å². The fourth-order valence-corrected chi connectivity index (χ4v) is 1.75. The number of hydrogen-bond donors (Lipinski definition) is 0. The number of allylic oxidation sites excluding steroid dienone is 1. The lowest BCUT2D eigenvalue weighted by molar-refractivity contribution is -0.169. The van der Waals surface area contributed by atoms with Crippen molar-refractivity contribution in [2.24, 2.45) is 5.92 Å². The summed E-state index contributed by atoms with van der Waals surface area (Å²) in [5.41, 5.74) is 0. The van der Waals surface area contributed by atoms with Gasteiger partial charge in [-0.1, -0.05) is 6.08 Å². The van der Waals surface area contributed by atoms with Gasteiger partial charge in [-0.05, 0) is 13.3 Å². The van der Waals surface area contributed by atoms with E-state index in [2.05, 4.69) is 6.58 Å². The van der Waals surface area contributed by atoms with Crippen LogP contribution in [-0.4, -0.2) is 32.1 Å². The Morgan fingerprint density at radius 3 is 2.67 bits per heavy atom. The van der Waals surface area contributed by atoms with Crippen LogP contribution < -0.4 is 0 Å². The Labute approximate surface area is 90.2 Å². The van der Waals surface area contributed by atoms with E-state index in [9.17, 15) is 4.79 Å². The topological polar surface area (TPSA) is 44.8 Å². The summed E-state index contributed by atoms with van der Waals surface area (Å²) in [4.78, 5) is 11.5. The van der Waals surface area contributed by atoms with Gasteiger partial charge in [-0.2, -0.15) is 0 Å². The molecule has 1 saturated heterocycles. The molecule has 0 aliphatic carbocycles. The van der Waals surface area contributed by atoms with Gasteiger partial charge < -0.3 is 14.2 Å². The standard InChI is InChI=1S/C11H18O4/c1-4-5-9(10(12)13-3)8-11(2)14-6-7-15-11/h4,9H,1,5-8H2,2-3H3. The van der Waals surface area contributed by atoms with Crippen LogP contribution in [0.5, 0.6) is 0 Å². The molecule has 0 saturated carbocycles. The summed E-state index contributed by atoms with van der Waals surface area (Å²) in [6.07, 6.45) is 2.79. The molecule has 1 unspecified atom stereocenters. The molecule has 4 nitrogen and oxygen atoms in total. The molecule has 1 aliphatic heterocycles. The SMILES string of the molecule is C=CCC(CC1(C)OCCO1)C(=O)OC. The van der Waals surface area contributed by atoms with E-state index < -0.39 is 5.79 Å². The first-order chi connectivity index (χ1) is 7.11. The Hall–Kier alpha value is -0.870. The third-order valence-corrected chi connectivity index (χ3v) is 2.50. The van der Waals surface area contributed by atoms with Crippen LogP contribution >= 0.6 is 0 Å². The van der Waals surface area contributed by atoms with Gasteiger partial charge in [-0.3, -0.25) is 4.79 Å². The first-order valence-corrected chi connectivity index (χ1v) is 5.08. The van der Waals surface area contributed by atoms with Crippen LogP contribution in [0.15, 0.2) is 12.7 Å². The number of carbonyl (C=O) groups is 1. The quantitative estimate of drug-likeness (QED) is 0.514. The van der Waals surface area contributed by atoms with Gasteiger partial charge in [0.2, 0.25) is 0 Å². The Balaban J connectivity index is 2.56. The summed E-state index contributed by atoms with van der Waals surface area (Å²) >= 11 is 0. The molecule has 4 heteroatoms. The van der Waals surface area contributed by atoms with E-state index in [0.717, 1.165) is 0 Å². The minimum atomic E-state index is -0.651. The molecule has 1 heterocycles. The summed E-state index contributed by atoms with van der Waals surface area (Å²) in [5.74, 6) is -1.13. The predicted molar refractivity (Wildman–Crippen MR) is 55.2 cm³/mol. The molecule has 1 fully saturated rings. The molecule has 0 aromatic carbocycles. The largest absolute Gasteiger partial charge is 0.469 e. The Bertz CT molecular complexity index is 231. The maximum absolute atomic E-state index is 11.5. The molecule has 1 rings (SSSR count). The van der Waals surface area contributed by atoms with E-state index in [1.165, 1.54) is 7.11 Å². The summed E-state index contributed by atoms with van der Waals surface area (Å²) in [6.45, 7) is 6.63. The lowest BCUT2D eigenvalue weighted by Gasteiger charge is -2.25. The van der Waals surface area contributed by atoms with Gasteiger partial charge in [0, 0.05) is 6.42 Å². The summed E-state index contributed by atoms with van der Waals surface area (Å²) in [6, 6.07) is 0. The van der Waals surface area contributed by atoms with Gasteiger partial charge in [0.05, 0.1) is 26.2 Å². The van der Waals surface area contributed by atoms with Crippen molar-refractivity contribution in [3.63, 3.8) is 0 Å². The lowest BCUT2D eigenvalue weighted by atomic mass is 9.96. The molecule has 1 aliphatic rings. The van der Waals surface area contributed by atoms with Crippen molar-refractivity contribution in [3.8, 4) is 0 Å². The second-order valence-electron chi connectivity index (χ2n) is 3.78. The van der Waals surface area contributed by atoms with Crippen LogP contribution in [0, 0.1) is 5.92 Å². The Morgan fingerprint density at radius 1 is 1.60 bits per heavy atom. The Kier molecular flexibility index (Phi) is 4.29. The molecule has 86 valence electrons. The van der Waals surface area contributed by atoms with E-state index in [0.29, 0.717) is 26.1 Å². The fraction of sp³-hybridized carbons (Fsp3) is 0.727. The molecule has 1 atom stereocenters. The number of methoxy groups -OCH3 is 1. The van der Waals surface area contributed by atoms with Crippen molar-refractivity contribution in [2.75, 3.05) is 20.3 Å². The zero-order valence-electron chi connectivity index (χ0n) is 9.32. The van der Waals surface area contributed by atoms with Crippen LogP contribution in [0.2, 0.25) is 0 Å². The highest BCUT2D eigenvalue weighted by atomic mass is 16.7. The monoisotopic (exact) mass is 214 g/mol. The minimum absolute atomic E-state index is 0.240. The third kappa shape index (κ3) is 3.32. The number of hydrogen-bond acceptors (Lipinski definition) is 4. The second-order valence-corrected chi connectivity index (χ2v) is 3.78. The average molecular weight is 214 g/mol. The van der Waals surface area contributed by atoms with Crippen LogP contribution in [0.1, 0.15) is 19.8 Å². The predicted octanol–water partition coefficient (Wildman–Crippen LogP) is 1.50. The van der Waals surface area contributed by atoms with Gasteiger partial charge >= 0.3 is 5.97 Å². The molecule has 0 aromatic rings. The van der Waals surface area contributed by atoms with Gasteiger partial charge in [-0.15, -0.1) is 6.58 Å². The zero-order valence-corrected chi connectivity index (χ0v) is 9.32. The normalized spacial score (nSPS) is 20.9. The number of rotatable bonds is 5. The maximum atomic E-state index is 11.5. The van der Waals surface area contributed by atoms with Gasteiger partial charge in [-0.25, -0.2) is 0 Å². The third-order valence-electron chi connectivity index (χ3n) is 2.50. The zero-order chi connectivity index (χ0) is 11.3. The van der Waals surface area contributed by atoms with Gasteiger partial charge in [0.1, 0.15) is 0 Å². The highest BCUT2D eigenvalue weighted by Crippen LogP contribution is 2.28. The molecular formula is C11H18O4. The van der Waals surface area contributed by atoms with E-state index >= 15 is 0 Å². The maximum Gasteiger partial charge on any atom is 0.309 e. The molecule has 0 amide bonds.